The molecule has 5 rings (SSSR count). The van der Waals surface area contributed by atoms with Gasteiger partial charge in [0.15, 0.2) is 0 Å². The fourth-order valence-electron chi connectivity index (χ4n) is 4.85. The Kier molecular flexibility index (Phi) is 7.20. The maximum absolute atomic E-state index is 13.2. The van der Waals surface area contributed by atoms with Crippen LogP contribution in [0.15, 0.2) is 69.8 Å². The quantitative estimate of drug-likeness (QED) is 0.339. The maximum Gasteiger partial charge on any atom is 0.256 e. The molecule has 0 radical (unpaired) electrons. The first-order valence-electron chi connectivity index (χ1n) is 12.0. The molecule has 3 aliphatic rings. The standard InChI is InChI=1S/C28H27Cl2N3O2S/c1-16-14-31-25(17(2)26(16)28(35)33-10-3-4-11-33)13-20-19-12-18(8-9-24(19)32-27(20)34)36-15-21-22(29)6-5-7-23(21)30/h5-9,12-13,31H,3-4,10-11,14-15H2,1-2H3,(H,32,34)/b20-13-. The molecule has 0 spiro atoms. The summed E-state index contributed by atoms with van der Waals surface area (Å²) in [5, 5.41) is 7.65. The lowest BCUT2D eigenvalue weighted by Gasteiger charge is -2.26. The van der Waals surface area contributed by atoms with Crippen LogP contribution in [0, 0.1) is 0 Å². The molecule has 2 amide bonds. The number of thioether (sulfide) groups is 1. The zero-order valence-corrected chi connectivity index (χ0v) is 22.5. The maximum atomic E-state index is 13.2. The number of hydrogen-bond donors (Lipinski definition) is 2. The highest BCUT2D eigenvalue weighted by molar-refractivity contribution is 7.98. The van der Waals surface area contributed by atoms with E-state index in [0.29, 0.717) is 27.9 Å². The predicted octanol–water partition coefficient (Wildman–Crippen LogP) is 6.44. The van der Waals surface area contributed by atoms with Gasteiger partial charge in [-0.2, -0.15) is 0 Å². The monoisotopic (exact) mass is 539 g/mol. The summed E-state index contributed by atoms with van der Waals surface area (Å²) in [6.45, 7) is 6.15. The molecule has 5 nitrogen and oxygen atoms in total. The van der Waals surface area contributed by atoms with E-state index in [4.69, 9.17) is 23.2 Å². The van der Waals surface area contributed by atoms with Gasteiger partial charge in [0.25, 0.3) is 11.8 Å². The van der Waals surface area contributed by atoms with Crippen molar-refractivity contribution in [2.75, 3.05) is 25.0 Å². The van der Waals surface area contributed by atoms with Crippen LogP contribution in [0.25, 0.3) is 5.57 Å². The van der Waals surface area contributed by atoms with Gasteiger partial charge in [-0.25, -0.2) is 0 Å². The summed E-state index contributed by atoms with van der Waals surface area (Å²) in [5.41, 5.74) is 6.57. The van der Waals surface area contributed by atoms with Crippen LogP contribution in [0.4, 0.5) is 5.69 Å². The summed E-state index contributed by atoms with van der Waals surface area (Å²) in [6, 6.07) is 11.4. The van der Waals surface area contributed by atoms with Gasteiger partial charge >= 0.3 is 0 Å². The number of hydrogen-bond acceptors (Lipinski definition) is 4. The lowest BCUT2D eigenvalue weighted by molar-refractivity contribution is -0.125. The number of allylic oxidation sites excluding steroid dienone is 1. The van der Waals surface area contributed by atoms with Crippen LogP contribution in [-0.4, -0.2) is 36.3 Å². The van der Waals surface area contributed by atoms with Crippen LogP contribution in [0.5, 0.6) is 0 Å². The van der Waals surface area contributed by atoms with E-state index in [1.165, 1.54) is 0 Å². The second kappa shape index (κ2) is 10.4. The fourth-order valence-corrected chi connectivity index (χ4v) is 6.53. The topological polar surface area (TPSA) is 61.4 Å². The van der Waals surface area contributed by atoms with Crippen molar-refractivity contribution >= 4 is 58.0 Å². The van der Waals surface area contributed by atoms with E-state index in [1.807, 2.05) is 61.2 Å². The van der Waals surface area contributed by atoms with Crippen molar-refractivity contribution in [2.45, 2.75) is 37.3 Å². The molecule has 36 heavy (non-hydrogen) atoms. The van der Waals surface area contributed by atoms with E-state index >= 15 is 0 Å². The molecule has 3 aliphatic heterocycles. The second-order valence-electron chi connectivity index (χ2n) is 9.26. The molecule has 2 aromatic rings. The first-order chi connectivity index (χ1) is 17.3. The number of nitrogens with zero attached hydrogens (tertiary/aromatic N) is 1. The average molecular weight is 541 g/mol. The normalized spacial score (nSPS) is 18.6. The molecule has 186 valence electrons. The Bertz CT molecular complexity index is 1340. The molecule has 0 aromatic heterocycles. The molecule has 0 unspecified atom stereocenters. The van der Waals surface area contributed by atoms with Crippen molar-refractivity contribution in [1.82, 2.24) is 10.2 Å². The average Bonchev–Trinajstić information content (AvgIpc) is 3.49. The minimum Gasteiger partial charge on any atom is -0.381 e. The van der Waals surface area contributed by atoms with Gasteiger partial charge in [0.2, 0.25) is 0 Å². The number of fused-ring (bicyclic) bond motifs is 1. The summed E-state index contributed by atoms with van der Waals surface area (Å²) >= 11 is 14.3. The predicted molar refractivity (Wildman–Crippen MR) is 148 cm³/mol. The second-order valence-corrected chi connectivity index (χ2v) is 11.1. The van der Waals surface area contributed by atoms with Gasteiger partial charge < -0.3 is 15.5 Å². The number of halogens is 2. The van der Waals surface area contributed by atoms with Gasteiger partial charge in [-0.15, -0.1) is 11.8 Å². The SMILES string of the molecule is CC1=C(C(=O)N2CCCC2)C(C)=C(/C=C2\C(=O)Nc3ccc(SCc4c(Cl)cccc4Cl)cc32)NC1. The Morgan fingerprint density at radius 1 is 1.11 bits per heavy atom. The van der Waals surface area contributed by atoms with Crippen molar-refractivity contribution in [3.05, 3.63) is 86.1 Å². The minimum absolute atomic E-state index is 0.0908. The number of likely N-dealkylation sites (tertiary alicyclic amines) is 1. The Labute approximate surface area is 225 Å². The van der Waals surface area contributed by atoms with Gasteiger partial charge in [-0.1, -0.05) is 29.3 Å². The molecular weight excluding hydrogens is 513 g/mol. The first-order valence-corrected chi connectivity index (χ1v) is 13.7. The number of rotatable bonds is 5. The molecule has 0 aliphatic carbocycles. The number of dihydropyridines is 1. The van der Waals surface area contributed by atoms with Crippen LogP contribution in [0.3, 0.4) is 0 Å². The van der Waals surface area contributed by atoms with Crippen molar-refractivity contribution in [3.63, 3.8) is 0 Å². The third-order valence-corrected chi connectivity index (χ3v) is 8.59. The van der Waals surface area contributed by atoms with Crippen molar-refractivity contribution < 1.29 is 9.59 Å². The summed E-state index contributed by atoms with van der Waals surface area (Å²) in [4.78, 5) is 29.1. The van der Waals surface area contributed by atoms with Crippen LogP contribution in [0.2, 0.25) is 10.0 Å². The van der Waals surface area contributed by atoms with E-state index in [2.05, 4.69) is 10.6 Å². The lowest BCUT2D eigenvalue weighted by atomic mass is 9.93. The largest absolute Gasteiger partial charge is 0.381 e. The molecule has 3 heterocycles. The molecule has 0 bridgehead atoms. The van der Waals surface area contributed by atoms with Crippen LogP contribution < -0.4 is 10.6 Å². The van der Waals surface area contributed by atoms with Crippen LogP contribution >= 0.6 is 35.0 Å². The van der Waals surface area contributed by atoms with Gasteiger partial charge in [-0.3, -0.25) is 9.59 Å². The Morgan fingerprint density at radius 3 is 2.56 bits per heavy atom. The molecule has 0 saturated carbocycles. The highest BCUT2D eigenvalue weighted by Gasteiger charge is 2.29. The molecular formula is C28H27Cl2N3O2S. The lowest BCUT2D eigenvalue weighted by Crippen LogP contribution is -2.34. The van der Waals surface area contributed by atoms with Crippen molar-refractivity contribution in [3.8, 4) is 0 Å². The number of anilines is 1. The van der Waals surface area contributed by atoms with Crippen LogP contribution in [0.1, 0.15) is 37.8 Å². The number of carbonyl (C=O) groups is 2. The van der Waals surface area contributed by atoms with E-state index < -0.39 is 0 Å². The minimum atomic E-state index is -0.151. The number of carbonyl (C=O) groups excluding carboxylic acids is 2. The molecule has 0 atom stereocenters. The fraction of sp³-hybridized carbons (Fsp3) is 0.286. The Morgan fingerprint density at radius 2 is 1.83 bits per heavy atom. The van der Waals surface area contributed by atoms with E-state index in [1.54, 1.807) is 11.8 Å². The Hall–Kier alpha value is -2.67. The van der Waals surface area contributed by atoms with Gasteiger partial charge in [0.1, 0.15) is 0 Å². The van der Waals surface area contributed by atoms with Crippen LogP contribution in [-0.2, 0) is 15.3 Å². The Balaban J connectivity index is 1.44. The first kappa shape index (κ1) is 25.0. The molecule has 1 fully saturated rings. The van der Waals surface area contributed by atoms with Crippen molar-refractivity contribution in [2.24, 2.45) is 0 Å². The van der Waals surface area contributed by atoms with Crippen molar-refractivity contribution in [1.29, 1.82) is 0 Å². The van der Waals surface area contributed by atoms with E-state index in [-0.39, 0.29) is 11.8 Å². The third kappa shape index (κ3) is 4.82. The summed E-state index contributed by atoms with van der Waals surface area (Å²) < 4.78 is 0. The molecule has 1 saturated heterocycles. The third-order valence-electron chi connectivity index (χ3n) is 6.86. The molecule has 2 N–H and O–H groups in total. The zero-order chi connectivity index (χ0) is 25.4. The van der Waals surface area contributed by atoms with E-state index in [0.717, 1.165) is 70.1 Å². The summed E-state index contributed by atoms with van der Waals surface area (Å²) in [6.07, 6.45) is 3.98. The zero-order valence-electron chi connectivity index (χ0n) is 20.2. The van der Waals surface area contributed by atoms with Gasteiger partial charge in [0, 0.05) is 62.8 Å². The number of benzene rings is 2. The molecule has 2 aromatic carbocycles. The smallest absolute Gasteiger partial charge is 0.256 e. The van der Waals surface area contributed by atoms with E-state index in [9.17, 15) is 9.59 Å². The van der Waals surface area contributed by atoms with Gasteiger partial charge in [-0.05, 0) is 79.8 Å². The van der Waals surface area contributed by atoms with Gasteiger partial charge in [0.05, 0.1) is 5.57 Å². The number of nitrogens with one attached hydrogen (secondary N) is 2. The summed E-state index contributed by atoms with van der Waals surface area (Å²) in [5.74, 6) is 0.561. The summed E-state index contributed by atoms with van der Waals surface area (Å²) in [7, 11) is 0. The highest BCUT2D eigenvalue weighted by atomic mass is 35.5. The number of amides is 2. The molecule has 8 heteroatoms. The highest BCUT2D eigenvalue weighted by Crippen LogP contribution is 2.38.